The molecule has 0 aliphatic carbocycles. The van der Waals surface area contributed by atoms with Crippen LogP contribution in [-0.4, -0.2) is 28.6 Å². The Bertz CT molecular complexity index is 586. The van der Waals surface area contributed by atoms with Crippen molar-refractivity contribution in [2.24, 2.45) is 0 Å². The fourth-order valence-electron chi connectivity index (χ4n) is 2.07. The number of halogens is 1. The number of aromatic nitrogens is 2. The summed E-state index contributed by atoms with van der Waals surface area (Å²) in [7, 11) is 1.56. The van der Waals surface area contributed by atoms with Gasteiger partial charge in [-0.05, 0) is 24.6 Å². The zero-order valence-electron chi connectivity index (χ0n) is 12.1. The molecule has 0 fully saturated rings. The van der Waals surface area contributed by atoms with Crippen molar-refractivity contribution in [1.82, 2.24) is 9.78 Å². The van der Waals surface area contributed by atoms with Crippen molar-refractivity contribution in [3.8, 4) is 11.5 Å². The van der Waals surface area contributed by atoms with Crippen molar-refractivity contribution in [1.29, 1.82) is 0 Å². The van der Waals surface area contributed by atoms with E-state index in [1.54, 1.807) is 42.3 Å². The molecular formula is C15H19ClN2O3. The van der Waals surface area contributed by atoms with Gasteiger partial charge in [0, 0.05) is 11.6 Å². The number of benzene rings is 1. The molecule has 1 heterocycles. The summed E-state index contributed by atoms with van der Waals surface area (Å²) in [6.07, 6.45) is 1.70. The molecule has 1 N–H and O–H groups in total. The molecule has 1 atom stereocenters. The lowest BCUT2D eigenvalue weighted by molar-refractivity contribution is 0.0974. The maximum absolute atomic E-state index is 10.4. The zero-order chi connectivity index (χ0) is 15.2. The molecule has 6 heteroatoms. The quantitative estimate of drug-likeness (QED) is 0.854. The second-order valence-corrected chi connectivity index (χ2v) is 5.04. The maximum Gasteiger partial charge on any atom is 0.162 e. The predicted molar refractivity (Wildman–Crippen MR) is 81.0 cm³/mol. The van der Waals surface area contributed by atoms with Crippen LogP contribution in [0.3, 0.4) is 0 Å². The normalized spacial score (nSPS) is 12.2. The molecule has 1 aromatic heterocycles. The smallest absolute Gasteiger partial charge is 0.162 e. The number of aliphatic hydroxyl groups is 1. The van der Waals surface area contributed by atoms with Crippen molar-refractivity contribution in [2.45, 2.75) is 26.0 Å². The predicted octanol–water partition coefficient (Wildman–Crippen LogP) is 3.07. The molecule has 0 saturated heterocycles. The standard InChI is InChI=1S/C15H19ClN2O3/c1-3-7-18-15(14(20-2)9-17-18)13(19)10-21-12-6-4-5-11(16)8-12/h4-6,8-9,13,19H,3,7,10H2,1-2H3. The third-order valence-electron chi connectivity index (χ3n) is 3.02. The first-order valence-corrected chi connectivity index (χ1v) is 7.19. The second kappa shape index (κ2) is 7.33. The number of rotatable bonds is 7. The van der Waals surface area contributed by atoms with Crippen molar-refractivity contribution in [3.63, 3.8) is 0 Å². The molecular weight excluding hydrogens is 292 g/mol. The minimum Gasteiger partial charge on any atom is -0.493 e. The molecule has 114 valence electrons. The molecule has 0 aliphatic rings. The highest BCUT2D eigenvalue weighted by atomic mass is 35.5. The van der Waals surface area contributed by atoms with Crippen molar-refractivity contribution in [3.05, 3.63) is 41.2 Å². The lowest BCUT2D eigenvalue weighted by atomic mass is 10.2. The summed E-state index contributed by atoms with van der Waals surface area (Å²) in [6.45, 7) is 2.87. The summed E-state index contributed by atoms with van der Waals surface area (Å²) in [6, 6.07) is 7.06. The molecule has 0 spiro atoms. The van der Waals surface area contributed by atoms with E-state index in [-0.39, 0.29) is 6.61 Å². The van der Waals surface area contributed by atoms with Gasteiger partial charge in [-0.25, -0.2) is 0 Å². The first kappa shape index (κ1) is 15.7. The van der Waals surface area contributed by atoms with Gasteiger partial charge in [0.2, 0.25) is 0 Å². The van der Waals surface area contributed by atoms with Crippen LogP contribution in [0.5, 0.6) is 11.5 Å². The average Bonchev–Trinajstić information content (AvgIpc) is 2.88. The van der Waals surface area contributed by atoms with Crippen LogP contribution < -0.4 is 9.47 Å². The average molecular weight is 311 g/mol. The molecule has 0 amide bonds. The largest absolute Gasteiger partial charge is 0.493 e. The van der Waals surface area contributed by atoms with Crippen LogP contribution in [0.15, 0.2) is 30.5 Å². The Balaban J connectivity index is 2.09. The topological polar surface area (TPSA) is 56.5 Å². The molecule has 2 aromatic rings. The molecule has 21 heavy (non-hydrogen) atoms. The third-order valence-corrected chi connectivity index (χ3v) is 3.25. The second-order valence-electron chi connectivity index (χ2n) is 4.61. The highest BCUT2D eigenvalue weighted by Gasteiger charge is 2.20. The van der Waals surface area contributed by atoms with E-state index in [2.05, 4.69) is 5.10 Å². The lowest BCUT2D eigenvalue weighted by Crippen LogP contribution is -2.16. The lowest BCUT2D eigenvalue weighted by Gasteiger charge is -2.15. The van der Waals surface area contributed by atoms with Crippen molar-refractivity contribution < 1.29 is 14.6 Å². The van der Waals surface area contributed by atoms with E-state index in [1.807, 2.05) is 6.92 Å². The summed E-state index contributed by atoms with van der Waals surface area (Å²) in [5, 5.41) is 15.2. The summed E-state index contributed by atoms with van der Waals surface area (Å²) in [4.78, 5) is 0. The Morgan fingerprint density at radius 2 is 2.24 bits per heavy atom. The van der Waals surface area contributed by atoms with Crippen LogP contribution in [0.4, 0.5) is 0 Å². The van der Waals surface area contributed by atoms with Gasteiger partial charge >= 0.3 is 0 Å². The Morgan fingerprint density at radius 3 is 2.90 bits per heavy atom. The molecule has 0 saturated carbocycles. The van der Waals surface area contributed by atoms with Gasteiger partial charge in [0.1, 0.15) is 24.2 Å². The van der Waals surface area contributed by atoms with E-state index in [0.717, 1.165) is 6.42 Å². The highest BCUT2D eigenvalue weighted by Crippen LogP contribution is 2.26. The Labute approximate surface area is 129 Å². The third kappa shape index (κ3) is 3.89. The van der Waals surface area contributed by atoms with Crippen LogP contribution in [0.2, 0.25) is 5.02 Å². The van der Waals surface area contributed by atoms with Crippen LogP contribution in [0, 0.1) is 0 Å². The van der Waals surface area contributed by atoms with Gasteiger partial charge in [-0.15, -0.1) is 0 Å². The molecule has 1 unspecified atom stereocenters. The fraction of sp³-hybridized carbons (Fsp3) is 0.400. The van der Waals surface area contributed by atoms with Crippen molar-refractivity contribution >= 4 is 11.6 Å². The van der Waals surface area contributed by atoms with Crippen molar-refractivity contribution in [2.75, 3.05) is 13.7 Å². The van der Waals surface area contributed by atoms with E-state index < -0.39 is 6.10 Å². The minimum atomic E-state index is -0.826. The van der Waals surface area contributed by atoms with Gasteiger partial charge in [0.05, 0.1) is 13.3 Å². The number of ether oxygens (including phenoxy) is 2. The SMILES string of the molecule is CCCn1ncc(OC)c1C(O)COc1cccc(Cl)c1. The first-order chi connectivity index (χ1) is 10.2. The van der Waals surface area contributed by atoms with Gasteiger partial charge in [-0.3, -0.25) is 4.68 Å². The highest BCUT2D eigenvalue weighted by molar-refractivity contribution is 6.30. The van der Waals surface area contributed by atoms with E-state index >= 15 is 0 Å². The van der Waals surface area contributed by atoms with E-state index in [9.17, 15) is 5.11 Å². The Kier molecular flexibility index (Phi) is 5.47. The number of hydrogen-bond donors (Lipinski definition) is 1. The molecule has 1 aromatic carbocycles. The van der Waals surface area contributed by atoms with Gasteiger partial charge in [-0.1, -0.05) is 24.6 Å². The van der Waals surface area contributed by atoms with Crippen LogP contribution in [0.1, 0.15) is 25.1 Å². The number of methoxy groups -OCH3 is 1. The monoisotopic (exact) mass is 310 g/mol. The van der Waals surface area contributed by atoms with Gasteiger partial charge in [-0.2, -0.15) is 5.10 Å². The van der Waals surface area contributed by atoms with Crippen LogP contribution in [0.25, 0.3) is 0 Å². The molecule has 0 aliphatic heterocycles. The van der Waals surface area contributed by atoms with E-state index in [1.165, 1.54) is 0 Å². The Morgan fingerprint density at radius 1 is 1.43 bits per heavy atom. The number of aliphatic hydroxyl groups excluding tert-OH is 1. The summed E-state index contributed by atoms with van der Waals surface area (Å²) in [5.74, 6) is 1.17. The van der Waals surface area contributed by atoms with Crippen LogP contribution in [-0.2, 0) is 6.54 Å². The molecule has 2 rings (SSSR count). The zero-order valence-corrected chi connectivity index (χ0v) is 12.9. The first-order valence-electron chi connectivity index (χ1n) is 6.81. The Hall–Kier alpha value is -1.72. The van der Waals surface area contributed by atoms with Crippen LogP contribution >= 0.6 is 11.6 Å². The summed E-state index contributed by atoms with van der Waals surface area (Å²) < 4.78 is 12.6. The number of aryl methyl sites for hydroxylation is 1. The molecule has 0 bridgehead atoms. The molecule has 0 radical (unpaired) electrons. The maximum atomic E-state index is 10.4. The summed E-state index contributed by atoms with van der Waals surface area (Å²) in [5.41, 5.74) is 0.626. The molecule has 5 nitrogen and oxygen atoms in total. The van der Waals surface area contributed by atoms with E-state index in [0.29, 0.717) is 28.8 Å². The summed E-state index contributed by atoms with van der Waals surface area (Å²) >= 11 is 5.90. The van der Waals surface area contributed by atoms with Gasteiger partial charge in [0.25, 0.3) is 0 Å². The number of nitrogens with zero attached hydrogens (tertiary/aromatic N) is 2. The van der Waals surface area contributed by atoms with Gasteiger partial charge < -0.3 is 14.6 Å². The van der Waals surface area contributed by atoms with Gasteiger partial charge in [0.15, 0.2) is 5.75 Å². The van der Waals surface area contributed by atoms with E-state index in [4.69, 9.17) is 21.1 Å². The fourth-order valence-corrected chi connectivity index (χ4v) is 2.25. The minimum absolute atomic E-state index is 0.103. The number of hydrogen-bond acceptors (Lipinski definition) is 4.